The molecule has 0 radical (unpaired) electrons. The molecular weight excluding hydrogens is 422 g/mol. The van der Waals surface area contributed by atoms with E-state index in [0.717, 1.165) is 0 Å². The number of nitrogens with one attached hydrogen (secondary N) is 3. The fraction of sp³-hybridized carbons (Fsp3) is 0.158. The normalized spacial score (nSPS) is 11.0. The van der Waals surface area contributed by atoms with Crippen LogP contribution in [0.15, 0.2) is 59.9 Å². The van der Waals surface area contributed by atoms with Gasteiger partial charge in [0.05, 0.1) is 17.6 Å². The SMILES string of the molecule is COc1ccc(S(=O)(=O)NCCNc2cc(Nc3ccccn3)ncn2)cc1C(N)=O. The van der Waals surface area contributed by atoms with Crippen LogP contribution in [-0.4, -0.2) is 49.5 Å². The van der Waals surface area contributed by atoms with E-state index in [-0.39, 0.29) is 29.3 Å². The number of nitrogens with zero attached hydrogens (tertiary/aromatic N) is 3. The minimum Gasteiger partial charge on any atom is -0.496 e. The van der Waals surface area contributed by atoms with Crippen molar-refractivity contribution in [2.24, 2.45) is 5.73 Å². The van der Waals surface area contributed by atoms with Crippen LogP contribution in [0.1, 0.15) is 10.4 Å². The zero-order valence-corrected chi connectivity index (χ0v) is 17.4. The molecule has 31 heavy (non-hydrogen) atoms. The predicted octanol–water partition coefficient (Wildman–Crippen LogP) is 1.11. The second-order valence-electron chi connectivity index (χ2n) is 6.18. The summed E-state index contributed by atoms with van der Waals surface area (Å²) in [5.41, 5.74) is 5.27. The first-order valence-corrected chi connectivity index (χ1v) is 10.6. The first kappa shape index (κ1) is 21.9. The molecule has 0 saturated heterocycles. The van der Waals surface area contributed by atoms with Gasteiger partial charge in [-0.2, -0.15) is 0 Å². The van der Waals surface area contributed by atoms with Gasteiger partial charge in [0.2, 0.25) is 10.0 Å². The summed E-state index contributed by atoms with van der Waals surface area (Å²) in [6.07, 6.45) is 3.03. The second-order valence-corrected chi connectivity index (χ2v) is 7.95. The molecule has 0 aliphatic carbocycles. The number of rotatable bonds is 10. The Morgan fingerprint density at radius 3 is 2.55 bits per heavy atom. The summed E-state index contributed by atoms with van der Waals surface area (Å²) in [5, 5.41) is 6.05. The predicted molar refractivity (Wildman–Crippen MR) is 115 cm³/mol. The molecule has 12 heteroatoms. The van der Waals surface area contributed by atoms with Gasteiger partial charge >= 0.3 is 0 Å². The van der Waals surface area contributed by atoms with Crippen molar-refractivity contribution >= 4 is 33.4 Å². The molecule has 162 valence electrons. The summed E-state index contributed by atoms with van der Waals surface area (Å²) in [7, 11) is -2.49. The third-order valence-electron chi connectivity index (χ3n) is 4.06. The Hall–Kier alpha value is -3.77. The quantitative estimate of drug-likeness (QED) is 0.336. The number of ether oxygens (including phenoxy) is 1. The molecule has 0 saturated carbocycles. The van der Waals surface area contributed by atoms with E-state index in [1.54, 1.807) is 24.4 Å². The van der Waals surface area contributed by atoms with E-state index >= 15 is 0 Å². The molecule has 1 aromatic carbocycles. The minimum atomic E-state index is -3.85. The van der Waals surface area contributed by atoms with Gasteiger partial charge in [0, 0.05) is 25.4 Å². The van der Waals surface area contributed by atoms with E-state index in [1.165, 1.54) is 31.6 Å². The lowest BCUT2D eigenvalue weighted by molar-refractivity contribution is 0.0997. The van der Waals surface area contributed by atoms with Crippen LogP contribution >= 0.6 is 0 Å². The van der Waals surface area contributed by atoms with E-state index < -0.39 is 15.9 Å². The van der Waals surface area contributed by atoms with Crippen molar-refractivity contribution in [3.05, 3.63) is 60.6 Å². The van der Waals surface area contributed by atoms with Crippen LogP contribution in [0.2, 0.25) is 0 Å². The molecule has 2 heterocycles. The average Bonchev–Trinajstić information content (AvgIpc) is 2.77. The lowest BCUT2D eigenvalue weighted by atomic mass is 10.2. The molecule has 2 aromatic heterocycles. The average molecular weight is 443 g/mol. The first-order valence-electron chi connectivity index (χ1n) is 9.10. The van der Waals surface area contributed by atoms with Gasteiger partial charge < -0.3 is 21.1 Å². The van der Waals surface area contributed by atoms with Gasteiger partial charge in [-0.15, -0.1) is 0 Å². The summed E-state index contributed by atoms with van der Waals surface area (Å²) >= 11 is 0. The third-order valence-corrected chi connectivity index (χ3v) is 5.52. The monoisotopic (exact) mass is 443 g/mol. The Labute approximate surface area is 179 Å². The van der Waals surface area contributed by atoms with Crippen LogP contribution in [0.3, 0.4) is 0 Å². The number of hydrogen-bond donors (Lipinski definition) is 4. The molecule has 0 bridgehead atoms. The topological polar surface area (TPSA) is 161 Å². The summed E-state index contributed by atoms with van der Waals surface area (Å²) in [6, 6.07) is 11.0. The number of hydrogen-bond acceptors (Lipinski definition) is 9. The Kier molecular flexibility index (Phi) is 6.95. The largest absolute Gasteiger partial charge is 0.496 e. The first-order chi connectivity index (χ1) is 14.9. The number of sulfonamides is 1. The fourth-order valence-electron chi connectivity index (χ4n) is 2.60. The number of nitrogens with two attached hydrogens (primary N) is 1. The van der Waals surface area contributed by atoms with Crippen LogP contribution in [0.25, 0.3) is 0 Å². The van der Waals surface area contributed by atoms with Crippen molar-refractivity contribution in [2.75, 3.05) is 30.8 Å². The van der Waals surface area contributed by atoms with E-state index in [1.807, 2.05) is 6.07 Å². The number of aromatic nitrogens is 3. The van der Waals surface area contributed by atoms with Crippen molar-refractivity contribution in [1.82, 2.24) is 19.7 Å². The summed E-state index contributed by atoms with van der Waals surface area (Å²) in [4.78, 5) is 23.8. The number of carbonyl (C=O) groups is 1. The zero-order chi connectivity index (χ0) is 22.3. The molecule has 0 unspecified atom stereocenters. The summed E-state index contributed by atoms with van der Waals surface area (Å²) < 4.78 is 32.5. The summed E-state index contributed by atoms with van der Waals surface area (Å²) in [6.45, 7) is 0.339. The van der Waals surface area contributed by atoms with Crippen LogP contribution in [0, 0.1) is 0 Å². The molecular formula is C19H21N7O4S. The molecule has 0 aliphatic rings. The Bertz CT molecular complexity index is 1160. The van der Waals surface area contributed by atoms with Crippen molar-refractivity contribution in [3.63, 3.8) is 0 Å². The maximum atomic E-state index is 12.5. The molecule has 0 fully saturated rings. The van der Waals surface area contributed by atoms with Crippen LogP contribution < -0.4 is 25.8 Å². The molecule has 11 nitrogen and oxygen atoms in total. The maximum absolute atomic E-state index is 12.5. The van der Waals surface area contributed by atoms with Crippen molar-refractivity contribution in [1.29, 1.82) is 0 Å². The van der Waals surface area contributed by atoms with Crippen molar-refractivity contribution in [3.8, 4) is 5.75 Å². The van der Waals surface area contributed by atoms with E-state index in [9.17, 15) is 13.2 Å². The lowest BCUT2D eigenvalue weighted by Gasteiger charge is -2.11. The summed E-state index contributed by atoms with van der Waals surface area (Å²) in [5.74, 6) is 1.10. The Balaban J connectivity index is 1.57. The number of amides is 1. The third kappa shape index (κ3) is 5.87. The second kappa shape index (κ2) is 9.82. The number of carbonyl (C=O) groups excluding carboxylic acids is 1. The maximum Gasteiger partial charge on any atom is 0.252 e. The molecule has 1 amide bonds. The number of benzene rings is 1. The van der Waals surface area contributed by atoms with Gasteiger partial charge in [0.15, 0.2) is 0 Å². The molecule has 5 N–H and O–H groups in total. The van der Waals surface area contributed by atoms with Crippen molar-refractivity contribution in [2.45, 2.75) is 4.90 Å². The lowest BCUT2D eigenvalue weighted by Crippen LogP contribution is -2.29. The smallest absolute Gasteiger partial charge is 0.252 e. The standard InChI is InChI=1S/C19H21N7O4S/c1-30-15-6-5-13(10-14(15)19(20)27)31(28,29)25-9-8-22-17-11-18(24-12-23-17)26-16-4-2-3-7-21-16/h2-7,10-12,25H,8-9H2,1H3,(H2,20,27)(H2,21,22,23,24,26). The highest BCUT2D eigenvalue weighted by molar-refractivity contribution is 7.89. The van der Waals surface area contributed by atoms with Gasteiger partial charge in [-0.1, -0.05) is 6.07 Å². The number of primary amides is 1. The molecule has 0 atom stereocenters. The Morgan fingerprint density at radius 1 is 1.03 bits per heavy atom. The number of anilines is 3. The number of methoxy groups -OCH3 is 1. The van der Waals surface area contributed by atoms with Crippen molar-refractivity contribution < 1.29 is 17.9 Å². The van der Waals surface area contributed by atoms with Gasteiger partial charge in [-0.3, -0.25) is 4.79 Å². The molecule has 3 aromatic rings. The highest BCUT2D eigenvalue weighted by Gasteiger charge is 2.18. The van der Waals surface area contributed by atoms with Gasteiger partial charge in [0.1, 0.15) is 29.5 Å². The van der Waals surface area contributed by atoms with Gasteiger partial charge in [0.25, 0.3) is 5.91 Å². The van der Waals surface area contributed by atoms with Gasteiger partial charge in [-0.05, 0) is 30.3 Å². The Morgan fingerprint density at radius 2 is 1.84 bits per heavy atom. The molecule has 3 rings (SSSR count). The van der Waals surface area contributed by atoms with E-state index in [4.69, 9.17) is 10.5 Å². The fourth-order valence-corrected chi connectivity index (χ4v) is 3.65. The highest BCUT2D eigenvalue weighted by atomic mass is 32.2. The van der Waals surface area contributed by atoms with Crippen LogP contribution in [0.5, 0.6) is 5.75 Å². The van der Waals surface area contributed by atoms with Crippen LogP contribution in [0.4, 0.5) is 17.5 Å². The van der Waals surface area contributed by atoms with Gasteiger partial charge in [-0.25, -0.2) is 28.1 Å². The minimum absolute atomic E-state index is 0.0163. The molecule has 0 aliphatic heterocycles. The molecule has 0 spiro atoms. The van der Waals surface area contributed by atoms with E-state index in [0.29, 0.717) is 17.5 Å². The van der Waals surface area contributed by atoms with E-state index in [2.05, 4.69) is 30.3 Å². The number of pyridine rings is 1. The zero-order valence-electron chi connectivity index (χ0n) is 16.6. The van der Waals surface area contributed by atoms with Crippen LogP contribution in [-0.2, 0) is 10.0 Å². The highest BCUT2D eigenvalue weighted by Crippen LogP contribution is 2.22.